The number of nitrogens with two attached hydrogens (primary N) is 1. The van der Waals surface area contributed by atoms with E-state index in [9.17, 15) is 5.11 Å². The van der Waals surface area contributed by atoms with Crippen LogP contribution in [0.4, 0.5) is 5.95 Å². The van der Waals surface area contributed by atoms with E-state index < -0.39 is 5.60 Å². The number of anilines is 1. The van der Waals surface area contributed by atoms with Crippen LogP contribution in [-0.4, -0.2) is 31.8 Å². The Hall–Kier alpha value is -3.19. The van der Waals surface area contributed by atoms with Gasteiger partial charge in [-0.05, 0) is 55.9 Å². The lowest BCUT2D eigenvalue weighted by molar-refractivity contribution is 0.0785. The first kappa shape index (κ1) is 18.8. The van der Waals surface area contributed by atoms with Crippen LogP contribution < -0.4 is 10.5 Å². The highest BCUT2D eigenvalue weighted by molar-refractivity contribution is 5.95. The molecule has 7 heteroatoms. The molecule has 154 valence electrons. The van der Waals surface area contributed by atoms with Gasteiger partial charge in [0.05, 0.1) is 12.7 Å². The minimum Gasteiger partial charge on any atom is -0.494 e. The van der Waals surface area contributed by atoms with Crippen LogP contribution in [0.15, 0.2) is 42.5 Å². The van der Waals surface area contributed by atoms with E-state index >= 15 is 0 Å². The predicted octanol–water partition coefficient (Wildman–Crippen LogP) is 3.76. The molecule has 7 nitrogen and oxygen atoms in total. The lowest BCUT2D eigenvalue weighted by Crippen LogP contribution is -2.22. The molecule has 0 radical (unpaired) electrons. The largest absolute Gasteiger partial charge is 0.494 e. The molecule has 0 amide bonds. The highest BCUT2D eigenvalue weighted by Gasteiger charge is 2.34. The summed E-state index contributed by atoms with van der Waals surface area (Å²) in [6.07, 6.45) is 1.99. The van der Waals surface area contributed by atoms with Crippen molar-refractivity contribution >= 4 is 22.5 Å². The zero-order chi connectivity index (χ0) is 21.0. The van der Waals surface area contributed by atoms with E-state index in [1.807, 2.05) is 30.3 Å². The molecule has 30 heavy (non-hydrogen) atoms. The number of benzene rings is 2. The first-order valence-corrected chi connectivity index (χ1v) is 10.2. The van der Waals surface area contributed by atoms with Crippen LogP contribution in [0.1, 0.15) is 55.5 Å². The van der Waals surface area contributed by atoms with Crippen molar-refractivity contribution in [3.8, 4) is 5.75 Å². The molecule has 0 spiro atoms. The second kappa shape index (κ2) is 6.67. The number of hydrogen-bond donors (Lipinski definition) is 2. The Bertz CT molecular complexity index is 1230. The van der Waals surface area contributed by atoms with Gasteiger partial charge < -0.3 is 15.6 Å². The number of para-hydroxylation sites is 1. The Morgan fingerprint density at radius 3 is 2.47 bits per heavy atom. The molecular formula is C23H25N5O2. The number of aromatic nitrogens is 4. The third-order valence-corrected chi connectivity index (χ3v) is 6.12. The second-order valence-electron chi connectivity index (χ2n) is 8.58. The summed E-state index contributed by atoms with van der Waals surface area (Å²) < 4.78 is 7.05. The number of ether oxygens (including phenoxy) is 1. The normalized spacial score (nSPS) is 19.2. The quantitative estimate of drug-likeness (QED) is 0.538. The van der Waals surface area contributed by atoms with Crippen LogP contribution in [0.5, 0.6) is 5.75 Å². The Morgan fingerprint density at radius 1 is 1.07 bits per heavy atom. The van der Waals surface area contributed by atoms with E-state index in [2.05, 4.69) is 22.2 Å². The molecule has 0 unspecified atom stereocenters. The Morgan fingerprint density at radius 2 is 1.80 bits per heavy atom. The lowest BCUT2D eigenvalue weighted by atomic mass is 9.71. The van der Waals surface area contributed by atoms with Crippen molar-refractivity contribution in [1.82, 2.24) is 19.6 Å². The Kier molecular flexibility index (Phi) is 4.18. The number of nitrogen functional groups attached to an aromatic ring is 1. The summed E-state index contributed by atoms with van der Waals surface area (Å²) in [6.45, 7) is 3.60. The maximum absolute atomic E-state index is 10.1. The van der Waals surface area contributed by atoms with E-state index in [4.69, 9.17) is 15.5 Å². The summed E-state index contributed by atoms with van der Waals surface area (Å²) in [4.78, 5) is 9.29. The third-order valence-electron chi connectivity index (χ3n) is 6.12. The van der Waals surface area contributed by atoms with Gasteiger partial charge in [-0.3, -0.25) is 0 Å². The van der Waals surface area contributed by atoms with Crippen molar-refractivity contribution < 1.29 is 9.84 Å². The summed E-state index contributed by atoms with van der Waals surface area (Å²) in [5.74, 6) is 2.56. The molecule has 0 aliphatic heterocycles. The average Bonchev–Trinajstić information content (AvgIpc) is 3.12. The fraction of sp³-hybridized carbons (Fsp3) is 0.348. The maximum atomic E-state index is 10.1. The standard InChI is InChI=1S/C23H25N5O2/c1-23(2,29)16-9-7-13(8-10-16)14-11-15(12-14)20-26-21-17-5-4-6-18(30-3)19(17)25-22(24)28(21)27-20/h4-10,14-15,29H,11-12H2,1-3H3,(H2,24,25)/t14-,15+. The molecule has 4 aromatic rings. The summed E-state index contributed by atoms with van der Waals surface area (Å²) in [5, 5.41) is 15.7. The zero-order valence-corrected chi connectivity index (χ0v) is 17.3. The summed E-state index contributed by atoms with van der Waals surface area (Å²) in [7, 11) is 1.62. The third kappa shape index (κ3) is 2.97. The van der Waals surface area contributed by atoms with E-state index in [1.165, 1.54) is 5.56 Å². The number of rotatable bonds is 4. The van der Waals surface area contributed by atoms with Gasteiger partial charge >= 0.3 is 0 Å². The second-order valence-corrected chi connectivity index (χ2v) is 8.58. The number of hydrogen-bond acceptors (Lipinski definition) is 6. The molecule has 1 aliphatic carbocycles. The molecule has 2 aromatic heterocycles. The molecule has 2 aromatic carbocycles. The van der Waals surface area contributed by atoms with Gasteiger partial charge in [0.2, 0.25) is 5.95 Å². The fourth-order valence-electron chi connectivity index (χ4n) is 4.24. The number of fused-ring (bicyclic) bond motifs is 3. The highest BCUT2D eigenvalue weighted by Crippen LogP contribution is 2.47. The van der Waals surface area contributed by atoms with E-state index in [0.717, 1.165) is 29.6 Å². The van der Waals surface area contributed by atoms with Crippen molar-refractivity contribution in [3.05, 3.63) is 59.4 Å². The Balaban J connectivity index is 1.42. The SMILES string of the molecule is COc1cccc2c1nc(N)n1nc([C@H]3C[C@@H](c4ccc(C(C)(C)O)cc4)C3)nc21. The van der Waals surface area contributed by atoms with Crippen molar-refractivity contribution in [2.24, 2.45) is 0 Å². The molecule has 1 fully saturated rings. The van der Waals surface area contributed by atoms with Crippen LogP contribution in [0, 0.1) is 0 Å². The molecule has 0 saturated heterocycles. The number of methoxy groups -OCH3 is 1. The Labute approximate surface area is 174 Å². The molecule has 1 aliphatic rings. The van der Waals surface area contributed by atoms with E-state index in [1.54, 1.807) is 25.5 Å². The number of nitrogens with zero attached hydrogens (tertiary/aromatic N) is 4. The van der Waals surface area contributed by atoms with Crippen molar-refractivity contribution in [2.75, 3.05) is 12.8 Å². The lowest BCUT2D eigenvalue weighted by Gasteiger charge is -2.34. The zero-order valence-electron chi connectivity index (χ0n) is 17.3. The van der Waals surface area contributed by atoms with Crippen LogP contribution in [0.3, 0.4) is 0 Å². The van der Waals surface area contributed by atoms with Crippen LogP contribution >= 0.6 is 0 Å². The van der Waals surface area contributed by atoms with Gasteiger partial charge in [-0.1, -0.05) is 30.3 Å². The first-order valence-electron chi connectivity index (χ1n) is 10.2. The summed E-state index contributed by atoms with van der Waals surface area (Å²) >= 11 is 0. The van der Waals surface area contributed by atoms with Gasteiger partial charge in [0.1, 0.15) is 11.3 Å². The van der Waals surface area contributed by atoms with Gasteiger partial charge in [0, 0.05) is 11.3 Å². The van der Waals surface area contributed by atoms with Crippen molar-refractivity contribution in [3.63, 3.8) is 0 Å². The molecule has 5 rings (SSSR count). The van der Waals surface area contributed by atoms with Gasteiger partial charge in [-0.25, -0.2) is 9.97 Å². The van der Waals surface area contributed by atoms with Crippen LogP contribution in [0.2, 0.25) is 0 Å². The van der Waals surface area contributed by atoms with E-state index in [0.29, 0.717) is 34.7 Å². The molecule has 0 bridgehead atoms. The van der Waals surface area contributed by atoms with Gasteiger partial charge in [0.25, 0.3) is 0 Å². The van der Waals surface area contributed by atoms with Gasteiger partial charge in [0.15, 0.2) is 11.5 Å². The smallest absolute Gasteiger partial charge is 0.223 e. The molecule has 1 saturated carbocycles. The number of aliphatic hydroxyl groups is 1. The predicted molar refractivity (Wildman–Crippen MR) is 116 cm³/mol. The topological polar surface area (TPSA) is 98.6 Å². The summed E-state index contributed by atoms with van der Waals surface area (Å²) in [5.41, 5.74) is 8.97. The maximum Gasteiger partial charge on any atom is 0.223 e. The summed E-state index contributed by atoms with van der Waals surface area (Å²) in [6, 6.07) is 14.0. The average molecular weight is 403 g/mol. The van der Waals surface area contributed by atoms with Gasteiger partial charge in [-0.2, -0.15) is 4.52 Å². The van der Waals surface area contributed by atoms with Crippen molar-refractivity contribution in [1.29, 1.82) is 0 Å². The van der Waals surface area contributed by atoms with E-state index in [-0.39, 0.29) is 0 Å². The van der Waals surface area contributed by atoms with Gasteiger partial charge in [-0.15, -0.1) is 5.10 Å². The minimum absolute atomic E-state index is 0.295. The molecule has 0 atom stereocenters. The van der Waals surface area contributed by atoms with Crippen LogP contribution in [0.25, 0.3) is 16.6 Å². The molecule has 3 N–H and O–H groups in total. The first-order chi connectivity index (χ1) is 14.3. The fourth-order valence-corrected chi connectivity index (χ4v) is 4.24. The van der Waals surface area contributed by atoms with Crippen molar-refractivity contribution in [2.45, 2.75) is 44.1 Å². The molecular weight excluding hydrogens is 378 g/mol. The van der Waals surface area contributed by atoms with Crippen LogP contribution in [-0.2, 0) is 5.60 Å². The highest BCUT2D eigenvalue weighted by atomic mass is 16.5. The monoisotopic (exact) mass is 403 g/mol. The minimum atomic E-state index is -0.819. The molecule has 2 heterocycles.